The second kappa shape index (κ2) is 7.12. The van der Waals surface area contributed by atoms with E-state index < -0.39 is 8.25 Å². The van der Waals surface area contributed by atoms with Crippen LogP contribution in [0.15, 0.2) is 30.3 Å². The third-order valence-electron chi connectivity index (χ3n) is 1.25. The largest absolute Gasteiger partial charge is 0.692 e. The van der Waals surface area contributed by atoms with Crippen LogP contribution in [-0.2, 0) is 10.6 Å². The monoisotopic (exact) mass is 203 g/mol. The molecule has 1 aromatic carbocycles. The van der Waals surface area contributed by atoms with E-state index in [2.05, 4.69) is 30.3 Å². The molecule has 1 rings (SSSR count). The van der Waals surface area contributed by atoms with Crippen LogP contribution in [0.4, 0.5) is 0 Å². The van der Waals surface area contributed by atoms with Crippen molar-refractivity contribution in [3.8, 4) is 0 Å². The average Bonchev–Trinajstić information content (AvgIpc) is 2.05. The molecule has 5 heteroatoms. The van der Waals surface area contributed by atoms with Crippen molar-refractivity contribution in [3.05, 3.63) is 35.9 Å². The van der Waals surface area contributed by atoms with Crippen molar-refractivity contribution in [2.45, 2.75) is 6.04 Å². The van der Waals surface area contributed by atoms with Gasteiger partial charge >= 0.3 is 8.25 Å². The quantitative estimate of drug-likeness (QED) is 0.505. The van der Waals surface area contributed by atoms with Crippen molar-refractivity contribution in [1.29, 1.82) is 0 Å². The van der Waals surface area contributed by atoms with Gasteiger partial charge in [0.2, 0.25) is 0 Å². The van der Waals surface area contributed by atoms with Crippen LogP contribution in [0.2, 0.25) is 0 Å². The summed E-state index contributed by atoms with van der Waals surface area (Å²) in [6, 6.07) is 11.9. The Balaban J connectivity index is 0.000000261. The van der Waals surface area contributed by atoms with Crippen LogP contribution in [0.1, 0.15) is 5.56 Å². The fraction of sp³-hybridized carbons (Fsp3) is 0.143. The number of hydrogen-bond acceptors (Lipinski definition) is 1. The molecule has 0 saturated heterocycles. The molecule has 0 aliphatic carbocycles. The standard InChI is InChI=1S/C7H10Si.HO3P/c8-6-7-4-2-1-3-5-7;1-4(2)3/h1-5H,6H2,8H3;(H-,1,2,3)/p+1. The van der Waals surface area contributed by atoms with E-state index in [0.717, 1.165) is 0 Å². The predicted molar refractivity (Wildman–Crippen MR) is 52.1 cm³/mol. The Morgan fingerprint density at radius 1 is 1.25 bits per heavy atom. The van der Waals surface area contributed by atoms with Gasteiger partial charge in [-0.15, -0.1) is 9.79 Å². The van der Waals surface area contributed by atoms with Gasteiger partial charge in [0, 0.05) is 14.8 Å². The Hall–Kier alpha value is -0.543. The van der Waals surface area contributed by atoms with Crippen molar-refractivity contribution in [2.24, 2.45) is 0 Å². The summed E-state index contributed by atoms with van der Waals surface area (Å²) in [6.45, 7) is 0. The maximum absolute atomic E-state index is 8.70. The van der Waals surface area contributed by atoms with Crippen LogP contribution in [0.3, 0.4) is 0 Å². The molecule has 0 aliphatic heterocycles. The highest BCUT2D eigenvalue weighted by molar-refractivity contribution is 7.30. The molecular formula is C7H12O3PSi+. The first-order chi connectivity index (χ1) is 5.66. The lowest BCUT2D eigenvalue weighted by atomic mass is 10.2. The number of benzene rings is 1. The van der Waals surface area contributed by atoms with E-state index in [9.17, 15) is 0 Å². The van der Waals surface area contributed by atoms with Gasteiger partial charge in [0.1, 0.15) is 0 Å². The summed E-state index contributed by atoms with van der Waals surface area (Å²) < 4.78 is 8.70. The van der Waals surface area contributed by atoms with E-state index >= 15 is 0 Å². The van der Waals surface area contributed by atoms with Gasteiger partial charge in [-0.25, -0.2) is 0 Å². The van der Waals surface area contributed by atoms with E-state index in [0.29, 0.717) is 0 Å². The van der Waals surface area contributed by atoms with Gasteiger partial charge in [-0.05, 0) is 6.04 Å². The van der Waals surface area contributed by atoms with Crippen molar-refractivity contribution in [2.75, 3.05) is 0 Å². The van der Waals surface area contributed by atoms with Crippen LogP contribution in [-0.4, -0.2) is 20.0 Å². The molecule has 0 radical (unpaired) electrons. The molecule has 0 aromatic heterocycles. The molecule has 0 amide bonds. The number of hydrogen-bond donors (Lipinski definition) is 2. The van der Waals surface area contributed by atoms with Gasteiger partial charge in [0.05, 0.1) is 0 Å². The van der Waals surface area contributed by atoms with Crippen LogP contribution < -0.4 is 0 Å². The fourth-order valence-electron chi connectivity index (χ4n) is 0.714. The molecule has 0 unspecified atom stereocenters. The lowest BCUT2D eigenvalue weighted by Crippen LogP contribution is -1.78. The first kappa shape index (κ1) is 11.5. The molecule has 12 heavy (non-hydrogen) atoms. The maximum atomic E-state index is 8.70. The van der Waals surface area contributed by atoms with Crippen LogP contribution >= 0.6 is 8.25 Å². The highest BCUT2D eigenvalue weighted by atomic mass is 31.1. The normalized spacial score (nSPS) is 8.50. The predicted octanol–water partition coefficient (Wildman–Crippen LogP) is 0.180. The summed E-state index contributed by atoms with van der Waals surface area (Å²) in [4.78, 5) is 14.2. The molecule has 1 aromatic rings. The Bertz CT molecular complexity index is 223. The molecule has 2 N–H and O–H groups in total. The Morgan fingerprint density at radius 2 is 1.67 bits per heavy atom. The van der Waals surface area contributed by atoms with Gasteiger partial charge in [-0.2, -0.15) is 0 Å². The summed E-state index contributed by atoms with van der Waals surface area (Å²) in [7, 11) is -1.59. The molecule has 0 aliphatic rings. The number of rotatable bonds is 1. The Labute approximate surface area is 75.4 Å². The van der Waals surface area contributed by atoms with Crippen molar-refractivity contribution in [1.82, 2.24) is 0 Å². The molecule has 0 fully saturated rings. The van der Waals surface area contributed by atoms with Crippen LogP contribution in [0.5, 0.6) is 0 Å². The SMILES string of the molecule is O=[P+](O)O.[SiH3]Cc1ccccc1. The summed E-state index contributed by atoms with van der Waals surface area (Å²) in [5.41, 5.74) is 1.47. The zero-order valence-corrected chi connectivity index (χ0v) is 9.74. The van der Waals surface area contributed by atoms with Crippen molar-refractivity contribution in [3.63, 3.8) is 0 Å². The summed E-state index contributed by atoms with van der Waals surface area (Å²) in [5, 5.41) is 0. The second-order valence-corrected chi connectivity index (χ2v) is 3.30. The zero-order valence-electron chi connectivity index (χ0n) is 6.84. The van der Waals surface area contributed by atoms with E-state index in [-0.39, 0.29) is 0 Å². The minimum Gasteiger partial charge on any atom is -0.134 e. The van der Waals surface area contributed by atoms with Gasteiger partial charge in [0.15, 0.2) is 0 Å². The van der Waals surface area contributed by atoms with Gasteiger partial charge < -0.3 is 0 Å². The van der Waals surface area contributed by atoms with Gasteiger partial charge in [-0.1, -0.05) is 35.9 Å². The molecule has 0 heterocycles. The fourth-order valence-corrected chi connectivity index (χ4v) is 1.19. The molecule has 0 atom stereocenters. The minimum atomic E-state index is -2.87. The van der Waals surface area contributed by atoms with Crippen LogP contribution in [0, 0.1) is 0 Å². The molecule has 0 saturated carbocycles. The van der Waals surface area contributed by atoms with Crippen LogP contribution in [0.25, 0.3) is 0 Å². The van der Waals surface area contributed by atoms with Crippen molar-refractivity contribution < 1.29 is 14.4 Å². The van der Waals surface area contributed by atoms with E-state index in [1.165, 1.54) is 21.9 Å². The van der Waals surface area contributed by atoms with E-state index in [1.807, 2.05) is 0 Å². The molecular weight excluding hydrogens is 191 g/mol. The average molecular weight is 203 g/mol. The summed E-state index contributed by atoms with van der Waals surface area (Å²) in [5.74, 6) is 0. The van der Waals surface area contributed by atoms with Gasteiger partial charge in [0.25, 0.3) is 0 Å². The summed E-state index contributed by atoms with van der Waals surface area (Å²) >= 11 is 0. The minimum absolute atomic E-state index is 1.28. The highest BCUT2D eigenvalue weighted by Crippen LogP contribution is 1.98. The lowest BCUT2D eigenvalue weighted by Gasteiger charge is -1.89. The molecule has 0 bridgehead atoms. The molecule has 3 nitrogen and oxygen atoms in total. The lowest BCUT2D eigenvalue weighted by molar-refractivity contribution is 0.405. The Morgan fingerprint density at radius 3 is 1.92 bits per heavy atom. The first-order valence-corrected chi connectivity index (χ1v) is 6.13. The molecule has 66 valence electrons. The van der Waals surface area contributed by atoms with Crippen molar-refractivity contribution >= 4 is 18.5 Å². The topological polar surface area (TPSA) is 57.5 Å². The third-order valence-corrected chi connectivity index (χ3v) is 2.07. The Kier molecular flexibility index (Phi) is 6.80. The van der Waals surface area contributed by atoms with E-state index in [4.69, 9.17) is 14.4 Å². The first-order valence-electron chi connectivity index (χ1n) is 3.55. The second-order valence-electron chi connectivity index (χ2n) is 2.09. The zero-order chi connectivity index (χ0) is 9.40. The highest BCUT2D eigenvalue weighted by Gasteiger charge is 1.93. The maximum Gasteiger partial charge on any atom is 0.692 e. The third kappa shape index (κ3) is 7.56. The smallest absolute Gasteiger partial charge is 0.134 e. The molecule has 0 spiro atoms. The van der Waals surface area contributed by atoms with E-state index in [1.54, 1.807) is 0 Å². The van der Waals surface area contributed by atoms with Gasteiger partial charge in [-0.3, -0.25) is 0 Å². The summed E-state index contributed by atoms with van der Waals surface area (Å²) in [6.07, 6.45) is 0.